The number of rotatable bonds is 3. The van der Waals surface area contributed by atoms with Crippen LogP contribution in [0.25, 0.3) is 16.0 Å². The lowest BCUT2D eigenvalue weighted by Gasteiger charge is -2.34. The van der Waals surface area contributed by atoms with Crippen LogP contribution in [-0.2, 0) is 0 Å². The van der Waals surface area contributed by atoms with Gasteiger partial charge < -0.3 is 9.80 Å². The van der Waals surface area contributed by atoms with Gasteiger partial charge in [-0.3, -0.25) is 4.79 Å². The van der Waals surface area contributed by atoms with E-state index in [1.54, 1.807) is 33.1 Å². The average Bonchev–Trinajstić information content (AvgIpc) is 3.35. The second-order valence-electron chi connectivity index (χ2n) is 7.41. The first-order chi connectivity index (χ1) is 15.0. The maximum atomic E-state index is 13.3. The molecular weight excluding hydrogens is 420 g/mol. The van der Waals surface area contributed by atoms with E-state index in [1.807, 2.05) is 6.92 Å². The highest BCUT2D eigenvalue weighted by Crippen LogP contribution is 2.33. The van der Waals surface area contributed by atoms with Gasteiger partial charge in [0.1, 0.15) is 11.6 Å². The first-order valence-electron chi connectivity index (χ1n) is 9.91. The number of hydrogen-bond acceptors (Lipinski definition) is 5. The SMILES string of the molecule is Cc1nn(-c2ccc(F)cc2)c2nc(N3CCN(C(=O)c4ccc(F)cc4)CC3)sc12. The summed E-state index contributed by atoms with van der Waals surface area (Å²) in [5.74, 6) is -0.741. The van der Waals surface area contributed by atoms with Gasteiger partial charge in [0.25, 0.3) is 5.91 Å². The predicted octanol–water partition coefficient (Wildman–Crippen LogP) is 4.03. The summed E-state index contributed by atoms with van der Waals surface area (Å²) in [6.07, 6.45) is 0. The molecule has 6 nitrogen and oxygen atoms in total. The number of thiazole rings is 1. The highest BCUT2D eigenvalue weighted by atomic mass is 32.1. The van der Waals surface area contributed by atoms with Crippen molar-refractivity contribution in [3.8, 4) is 5.69 Å². The van der Waals surface area contributed by atoms with Crippen molar-refractivity contribution in [3.63, 3.8) is 0 Å². The number of benzene rings is 2. The zero-order valence-corrected chi connectivity index (χ0v) is 17.6. The topological polar surface area (TPSA) is 54.3 Å². The molecule has 2 aromatic carbocycles. The van der Waals surface area contributed by atoms with E-state index in [2.05, 4.69) is 10.00 Å². The molecule has 1 fully saturated rings. The molecule has 4 aromatic rings. The summed E-state index contributed by atoms with van der Waals surface area (Å²) in [7, 11) is 0. The van der Waals surface area contributed by atoms with Crippen LogP contribution in [0.2, 0.25) is 0 Å². The lowest BCUT2D eigenvalue weighted by molar-refractivity contribution is 0.0746. The molecule has 0 bridgehead atoms. The zero-order valence-electron chi connectivity index (χ0n) is 16.8. The second kappa shape index (κ2) is 7.73. The monoisotopic (exact) mass is 439 g/mol. The first-order valence-corrected chi connectivity index (χ1v) is 10.7. The molecule has 1 aliphatic heterocycles. The Bertz CT molecular complexity index is 1240. The molecule has 5 rings (SSSR count). The number of carbonyl (C=O) groups excluding carboxylic acids is 1. The molecule has 0 saturated carbocycles. The van der Waals surface area contributed by atoms with Crippen LogP contribution in [0, 0.1) is 18.6 Å². The number of amides is 1. The molecule has 1 amide bonds. The van der Waals surface area contributed by atoms with Crippen molar-refractivity contribution in [2.75, 3.05) is 31.1 Å². The van der Waals surface area contributed by atoms with Crippen LogP contribution in [-0.4, -0.2) is 51.8 Å². The summed E-state index contributed by atoms with van der Waals surface area (Å²) in [5.41, 5.74) is 2.86. The molecule has 0 spiro atoms. The van der Waals surface area contributed by atoms with Crippen molar-refractivity contribution in [3.05, 3.63) is 71.4 Å². The summed E-state index contributed by atoms with van der Waals surface area (Å²) in [6.45, 7) is 4.38. The van der Waals surface area contributed by atoms with Crippen molar-refractivity contribution >= 4 is 32.7 Å². The summed E-state index contributed by atoms with van der Waals surface area (Å²) in [6, 6.07) is 11.8. The lowest BCUT2D eigenvalue weighted by Crippen LogP contribution is -2.48. The van der Waals surface area contributed by atoms with Crippen LogP contribution in [0.3, 0.4) is 0 Å². The number of nitrogens with zero attached hydrogens (tertiary/aromatic N) is 5. The molecule has 0 atom stereocenters. The second-order valence-corrected chi connectivity index (χ2v) is 8.39. The maximum absolute atomic E-state index is 13.3. The summed E-state index contributed by atoms with van der Waals surface area (Å²) < 4.78 is 29.1. The van der Waals surface area contributed by atoms with E-state index in [1.165, 1.54) is 36.4 Å². The van der Waals surface area contributed by atoms with Crippen LogP contribution in [0.5, 0.6) is 0 Å². The van der Waals surface area contributed by atoms with Crippen molar-refractivity contribution in [1.29, 1.82) is 0 Å². The van der Waals surface area contributed by atoms with E-state index in [0.29, 0.717) is 31.7 Å². The minimum absolute atomic E-state index is 0.0910. The van der Waals surface area contributed by atoms with Gasteiger partial charge in [-0.1, -0.05) is 11.3 Å². The van der Waals surface area contributed by atoms with Crippen LogP contribution >= 0.6 is 11.3 Å². The van der Waals surface area contributed by atoms with E-state index in [9.17, 15) is 13.6 Å². The van der Waals surface area contributed by atoms with Gasteiger partial charge in [-0.25, -0.2) is 13.5 Å². The lowest BCUT2D eigenvalue weighted by atomic mass is 10.2. The molecule has 9 heteroatoms. The third kappa shape index (κ3) is 3.65. The minimum atomic E-state index is -0.355. The first kappa shape index (κ1) is 19.6. The average molecular weight is 439 g/mol. The summed E-state index contributed by atoms with van der Waals surface area (Å²) in [5, 5.41) is 5.43. The number of fused-ring (bicyclic) bond motifs is 1. The van der Waals surface area contributed by atoms with Crippen LogP contribution in [0.1, 0.15) is 16.1 Å². The third-order valence-corrected chi connectivity index (χ3v) is 6.59. The van der Waals surface area contributed by atoms with Gasteiger partial charge in [-0.05, 0) is 55.5 Å². The molecule has 0 unspecified atom stereocenters. The molecule has 3 heterocycles. The van der Waals surface area contributed by atoms with Gasteiger partial charge in [0.2, 0.25) is 0 Å². The Hall–Kier alpha value is -3.33. The van der Waals surface area contributed by atoms with Gasteiger partial charge in [0.05, 0.1) is 16.1 Å². The van der Waals surface area contributed by atoms with Crippen LogP contribution in [0.15, 0.2) is 48.5 Å². The number of carbonyl (C=O) groups is 1. The van der Waals surface area contributed by atoms with Gasteiger partial charge in [-0.2, -0.15) is 10.1 Å². The fourth-order valence-electron chi connectivity index (χ4n) is 3.70. The molecule has 31 heavy (non-hydrogen) atoms. The van der Waals surface area contributed by atoms with Crippen molar-refractivity contribution in [2.24, 2.45) is 0 Å². The largest absolute Gasteiger partial charge is 0.344 e. The maximum Gasteiger partial charge on any atom is 0.253 e. The van der Waals surface area contributed by atoms with Gasteiger partial charge in [-0.15, -0.1) is 0 Å². The molecule has 1 saturated heterocycles. The number of aromatic nitrogens is 3. The number of halogens is 2. The molecule has 0 N–H and O–H groups in total. The molecule has 158 valence electrons. The van der Waals surface area contributed by atoms with Crippen molar-refractivity contribution < 1.29 is 13.6 Å². The standard InChI is InChI=1S/C22H19F2N5OS/c1-14-19-20(29(26-14)18-8-6-17(24)7-9-18)25-22(31-19)28-12-10-27(11-13-28)21(30)15-2-4-16(23)5-3-15/h2-9H,10-13H2,1H3. The quantitative estimate of drug-likeness (QED) is 0.484. The summed E-state index contributed by atoms with van der Waals surface area (Å²) in [4.78, 5) is 21.4. The van der Waals surface area contributed by atoms with Gasteiger partial charge >= 0.3 is 0 Å². The summed E-state index contributed by atoms with van der Waals surface area (Å²) >= 11 is 1.57. The highest BCUT2D eigenvalue weighted by Gasteiger charge is 2.25. The van der Waals surface area contributed by atoms with Crippen LogP contribution in [0.4, 0.5) is 13.9 Å². The normalized spacial score (nSPS) is 14.4. The van der Waals surface area contributed by atoms with E-state index in [4.69, 9.17) is 4.98 Å². The highest BCUT2D eigenvalue weighted by molar-refractivity contribution is 7.22. The molecule has 0 aliphatic carbocycles. The fourth-order valence-corrected chi connectivity index (χ4v) is 4.73. The number of anilines is 1. The number of aryl methyl sites for hydroxylation is 1. The van der Waals surface area contributed by atoms with E-state index >= 15 is 0 Å². The Morgan fingerprint density at radius 1 is 0.935 bits per heavy atom. The van der Waals surface area contributed by atoms with Gasteiger partial charge in [0.15, 0.2) is 10.8 Å². The fraction of sp³-hybridized carbons (Fsp3) is 0.227. The van der Waals surface area contributed by atoms with Crippen molar-refractivity contribution in [2.45, 2.75) is 6.92 Å². The van der Waals surface area contributed by atoms with Gasteiger partial charge in [0, 0.05) is 31.7 Å². The van der Waals surface area contributed by atoms with E-state index in [-0.39, 0.29) is 17.5 Å². The molecule has 0 radical (unpaired) electrons. The Morgan fingerprint density at radius 2 is 1.55 bits per heavy atom. The Kier molecular flexibility index (Phi) is 4.90. The zero-order chi connectivity index (χ0) is 21.5. The Balaban J connectivity index is 1.34. The molecule has 1 aliphatic rings. The number of piperazine rings is 1. The van der Waals surface area contributed by atoms with Crippen LogP contribution < -0.4 is 4.90 Å². The minimum Gasteiger partial charge on any atom is -0.344 e. The van der Waals surface area contributed by atoms with Crippen molar-refractivity contribution in [1.82, 2.24) is 19.7 Å². The molecular formula is C22H19F2N5OS. The number of hydrogen-bond donors (Lipinski definition) is 0. The molecule has 2 aromatic heterocycles. The van der Waals surface area contributed by atoms with E-state index in [0.717, 1.165) is 26.9 Å². The Labute approximate surface area is 181 Å². The smallest absolute Gasteiger partial charge is 0.253 e. The predicted molar refractivity (Wildman–Crippen MR) is 116 cm³/mol. The van der Waals surface area contributed by atoms with E-state index < -0.39 is 0 Å². The third-order valence-electron chi connectivity index (χ3n) is 5.38. The Morgan fingerprint density at radius 3 is 2.19 bits per heavy atom.